The molecule has 1 heteroatoms. The first kappa shape index (κ1) is 14.2. The Morgan fingerprint density at radius 3 is 2.18 bits per heavy atom. The van der Waals surface area contributed by atoms with Gasteiger partial charge in [0.15, 0.2) is 0 Å². The van der Waals surface area contributed by atoms with Crippen LogP contribution in [0.4, 0.5) is 0 Å². The van der Waals surface area contributed by atoms with E-state index in [4.69, 9.17) is 0 Å². The van der Waals surface area contributed by atoms with Crippen molar-refractivity contribution in [3.8, 4) is 0 Å². The minimum atomic E-state index is 0.456. The molecule has 2 unspecified atom stereocenters. The number of hydrogen-bond acceptors (Lipinski definition) is 1. The molecular weight excluding hydrogens is 206 g/mol. The van der Waals surface area contributed by atoms with E-state index < -0.39 is 0 Å². The fourth-order valence-electron chi connectivity index (χ4n) is 2.25. The van der Waals surface area contributed by atoms with Crippen molar-refractivity contribution in [1.82, 2.24) is 5.32 Å². The summed E-state index contributed by atoms with van der Waals surface area (Å²) in [5, 5.41) is 3.72. The molecule has 1 N–H and O–H groups in total. The van der Waals surface area contributed by atoms with Gasteiger partial charge in [0.05, 0.1) is 0 Å². The maximum absolute atomic E-state index is 3.72. The van der Waals surface area contributed by atoms with Gasteiger partial charge in [-0.25, -0.2) is 0 Å². The largest absolute Gasteiger partial charge is 0.307 e. The van der Waals surface area contributed by atoms with Crippen LogP contribution in [-0.4, -0.2) is 6.04 Å². The van der Waals surface area contributed by atoms with E-state index in [1.165, 1.54) is 30.4 Å². The van der Waals surface area contributed by atoms with Gasteiger partial charge in [0.25, 0.3) is 0 Å². The third kappa shape index (κ3) is 4.51. The average Bonchev–Trinajstić information content (AvgIpc) is 2.38. The summed E-state index contributed by atoms with van der Waals surface area (Å²) in [6.07, 6.45) is 4.86. The van der Waals surface area contributed by atoms with Crippen molar-refractivity contribution in [2.75, 3.05) is 0 Å². The van der Waals surface area contributed by atoms with E-state index >= 15 is 0 Å². The Morgan fingerprint density at radius 2 is 1.71 bits per heavy atom. The van der Waals surface area contributed by atoms with Crippen molar-refractivity contribution in [3.05, 3.63) is 35.4 Å². The highest BCUT2D eigenvalue weighted by Gasteiger charge is 2.10. The van der Waals surface area contributed by atoms with Crippen LogP contribution in [0.1, 0.15) is 64.1 Å². The second kappa shape index (κ2) is 7.50. The molecule has 0 fully saturated rings. The maximum Gasteiger partial charge on any atom is 0.0294 e. The standard InChI is InChI=1S/C16H27N/c1-5-8-16(7-3)17-13(4)15-11-9-14(6-2)10-12-15/h9-13,16-17H,5-8H2,1-4H3. The third-order valence-corrected chi connectivity index (χ3v) is 3.50. The van der Waals surface area contributed by atoms with Crippen LogP contribution in [0, 0.1) is 0 Å². The van der Waals surface area contributed by atoms with Crippen molar-refractivity contribution >= 4 is 0 Å². The summed E-state index contributed by atoms with van der Waals surface area (Å²) >= 11 is 0. The summed E-state index contributed by atoms with van der Waals surface area (Å²) < 4.78 is 0. The Labute approximate surface area is 107 Å². The lowest BCUT2D eigenvalue weighted by atomic mass is 10.0. The monoisotopic (exact) mass is 233 g/mol. The highest BCUT2D eigenvalue weighted by Crippen LogP contribution is 2.16. The van der Waals surface area contributed by atoms with Gasteiger partial charge in [-0.15, -0.1) is 0 Å². The van der Waals surface area contributed by atoms with Crippen molar-refractivity contribution in [1.29, 1.82) is 0 Å². The van der Waals surface area contributed by atoms with Crippen LogP contribution >= 0.6 is 0 Å². The Morgan fingerprint density at radius 1 is 1.06 bits per heavy atom. The van der Waals surface area contributed by atoms with Crippen LogP contribution in [0.25, 0.3) is 0 Å². The van der Waals surface area contributed by atoms with E-state index in [0.717, 1.165) is 6.42 Å². The van der Waals surface area contributed by atoms with Gasteiger partial charge in [-0.1, -0.05) is 51.5 Å². The van der Waals surface area contributed by atoms with Crippen LogP contribution in [0.15, 0.2) is 24.3 Å². The zero-order chi connectivity index (χ0) is 12.7. The molecule has 1 aromatic rings. The SMILES string of the molecule is CCCC(CC)NC(C)c1ccc(CC)cc1. The molecule has 2 atom stereocenters. The lowest BCUT2D eigenvalue weighted by molar-refractivity contribution is 0.417. The molecule has 96 valence electrons. The Bertz CT molecular complexity index is 302. The lowest BCUT2D eigenvalue weighted by Crippen LogP contribution is -2.30. The average molecular weight is 233 g/mol. The van der Waals surface area contributed by atoms with Crippen molar-refractivity contribution < 1.29 is 0 Å². The molecule has 0 bridgehead atoms. The summed E-state index contributed by atoms with van der Waals surface area (Å²) in [5.74, 6) is 0. The van der Waals surface area contributed by atoms with E-state index in [2.05, 4.69) is 57.3 Å². The van der Waals surface area contributed by atoms with Crippen LogP contribution in [-0.2, 0) is 6.42 Å². The molecule has 0 spiro atoms. The van der Waals surface area contributed by atoms with Crippen LogP contribution in [0.5, 0.6) is 0 Å². The lowest BCUT2D eigenvalue weighted by Gasteiger charge is -2.22. The van der Waals surface area contributed by atoms with Crippen LogP contribution in [0.2, 0.25) is 0 Å². The quantitative estimate of drug-likeness (QED) is 0.732. The first-order chi connectivity index (χ1) is 8.21. The second-order valence-corrected chi connectivity index (χ2v) is 4.88. The van der Waals surface area contributed by atoms with Gasteiger partial charge in [-0.3, -0.25) is 0 Å². The molecule has 0 saturated carbocycles. The predicted octanol–water partition coefficient (Wildman–Crippen LogP) is 4.48. The van der Waals surface area contributed by atoms with Gasteiger partial charge in [0, 0.05) is 12.1 Å². The Balaban J connectivity index is 2.58. The van der Waals surface area contributed by atoms with Crippen molar-refractivity contribution in [2.45, 2.75) is 65.5 Å². The number of aryl methyl sites for hydroxylation is 1. The van der Waals surface area contributed by atoms with E-state index in [9.17, 15) is 0 Å². The number of nitrogens with one attached hydrogen (secondary N) is 1. The number of benzene rings is 1. The molecule has 0 radical (unpaired) electrons. The number of hydrogen-bond donors (Lipinski definition) is 1. The van der Waals surface area contributed by atoms with E-state index in [1.54, 1.807) is 0 Å². The van der Waals surface area contributed by atoms with Gasteiger partial charge in [0.2, 0.25) is 0 Å². The summed E-state index contributed by atoms with van der Waals surface area (Å²) in [5.41, 5.74) is 2.82. The summed E-state index contributed by atoms with van der Waals surface area (Å²) in [6, 6.07) is 10.1. The molecule has 0 amide bonds. The molecule has 1 rings (SSSR count). The van der Waals surface area contributed by atoms with Crippen LogP contribution in [0.3, 0.4) is 0 Å². The topological polar surface area (TPSA) is 12.0 Å². The smallest absolute Gasteiger partial charge is 0.0294 e. The first-order valence-corrected chi connectivity index (χ1v) is 7.06. The molecule has 0 heterocycles. The van der Waals surface area contributed by atoms with E-state index in [-0.39, 0.29) is 0 Å². The summed E-state index contributed by atoms with van der Waals surface area (Å²) in [6.45, 7) is 8.98. The molecule has 0 aliphatic carbocycles. The number of rotatable bonds is 7. The van der Waals surface area contributed by atoms with Gasteiger partial charge in [-0.2, -0.15) is 0 Å². The molecule has 17 heavy (non-hydrogen) atoms. The molecule has 0 aliphatic rings. The molecule has 1 aromatic carbocycles. The zero-order valence-corrected chi connectivity index (χ0v) is 11.8. The molecule has 0 aliphatic heterocycles. The minimum Gasteiger partial charge on any atom is -0.307 e. The molecule has 0 aromatic heterocycles. The zero-order valence-electron chi connectivity index (χ0n) is 11.8. The Hall–Kier alpha value is -0.820. The van der Waals surface area contributed by atoms with Gasteiger partial charge in [-0.05, 0) is 37.3 Å². The fourth-order valence-corrected chi connectivity index (χ4v) is 2.25. The Kier molecular flexibility index (Phi) is 6.28. The van der Waals surface area contributed by atoms with Gasteiger partial charge < -0.3 is 5.32 Å². The first-order valence-electron chi connectivity index (χ1n) is 7.06. The minimum absolute atomic E-state index is 0.456. The summed E-state index contributed by atoms with van der Waals surface area (Å²) in [7, 11) is 0. The van der Waals surface area contributed by atoms with Gasteiger partial charge >= 0.3 is 0 Å². The van der Waals surface area contributed by atoms with Crippen molar-refractivity contribution in [2.24, 2.45) is 0 Å². The maximum atomic E-state index is 3.72. The van der Waals surface area contributed by atoms with Gasteiger partial charge in [0.1, 0.15) is 0 Å². The molecule has 0 saturated heterocycles. The second-order valence-electron chi connectivity index (χ2n) is 4.88. The molecular formula is C16H27N. The van der Waals surface area contributed by atoms with E-state index in [0.29, 0.717) is 12.1 Å². The highest BCUT2D eigenvalue weighted by atomic mass is 14.9. The summed E-state index contributed by atoms with van der Waals surface area (Å²) in [4.78, 5) is 0. The van der Waals surface area contributed by atoms with Crippen molar-refractivity contribution in [3.63, 3.8) is 0 Å². The van der Waals surface area contributed by atoms with E-state index in [1.807, 2.05) is 0 Å². The third-order valence-electron chi connectivity index (χ3n) is 3.50. The normalized spacial score (nSPS) is 14.6. The fraction of sp³-hybridized carbons (Fsp3) is 0.625. The highest BCUT2D eigenvalue weighted by molar-refractivity contribution is 5.24. The molecule has 1 nitrogen and oxygen atoms in total. The van der Waals surface area contributed by atoms with Crippen LogP contribution < -0.4 is 5.32 Å². The predicted molar refractivity (Wildman–Crippen MR) is 76.4 cm³/mol.